The number of benzene rings is 10. The molecule has 0 spiro atoms. The summed E-state index contributed by atoms with van der Waals surface area (Å²) in [6, 6.07) is 76.4. The van der Waals surface area contributed by atoms with E-state index < -0.39 is 26.2 Å². The molecule has 85 heavy (non-hydrogen) atoms. The number of pyridine rings is 1. The van der Waals surface area contributed by atoms with E-state index in [4.69, 9.17) is 13.8 Å². The van der Waals surface area contributed by atoms with Crippen molar-refractivity contribution in [2.75, 3.05) is 14.7 Å². The summed E-state index contributed by atoms with van der Waals surface area (Å²) >= 11 is 0. The van der Waals surface area contributed by atoms with Gasteiger partial charge in [0, 0.05) is 72.6 Å². The van der Waals surface area contributed by atoms with Crippen LogP contribution >= 0.6 is 0 Å². The Morgan fingerprint density at radius 2 is 1.08 bits per heavy atom. The van der Waals surface area contributed by atoms with Gasteiger partial charge in [-0.1, -0.05) is 237 Å². The maximum atomic E-state index is 9.41. The molecule has 10 aromatic carbocycles. The maximum absolute atomic E-state index is 9.41. The molecule has 0 saturated carbocycles. The molecule has 0 saturated heterocycles. The fourth-order valence-corrected chi connectivity index (χ4v) is 18.2. The van der Waals surface area contributed by atoms with Crippen LogP contribution in [0.3, 0.4) is 0 Å². The standard InChI is InChI=1S/C78H67N4OSi.Pt/c1-76(2,3)56-39-37-52(38-40-56)54-45-55(47-58(46-54)78(7,8)9)64-31-21-30-63(53-23-12-10-13-24-53)74(64)81-51-80(67-33-17-18-34-68(67)81)59-25-20-26-60(49-59)83-61-41-42-72-70(50-61)82(73-48-57(43-44-79-73)77(4,5)6)69-35-22-32-66-65-29-16-19-36-71(65)84(72,75(66)69)62-27-14-11-15-28-62;/h10-48,51H,1-9H3;/q-3;/i10D,12D,13D,23D,24D;. The van der Waals surface area contributed by atoms with Gasteiger partial charge in [-0.15, -0.1) is 47.9 Å². The van der Waals surface area contributed by atoms with Crippen LogP contribution < -0.4 is 40.2 Å². The molecule has 0 radical (unpaired) electrons. The van der Waals surface area contributed by atoms with Crippen molar-refractivity contribution in [1.82, 2.24) is 4.98 Å². The molecule has 14 rings (SSSR count). The van der Waals surface area contributed by atoms with E-state index in [0.717, 1.165) is 56.4 Å². The molecule has 4 heterocycles. The average molecular weight is 1300 g/mol. The Morgan fingerprint density at radius 3 is 1.82 bits per heavy atom. The summed E-state index contributed by atoms with van der Waals surface area (Å²) in [5.41, 5.74) is 15.1. The van der Waals surface area contributed by atoms with Crippen LogP contribution in [-0.4, -0.2) is 13.1 Å². The van der Waals surface area contributed by atoms with Crippen LogP contribution in [0.5, 0.6) is 11.5 Å². The second-order valence-corrected chi connectivity index (χ2v) is 29.0. The van der Waals surface area contributed by atoms with E-state index in [9.17, 15) is 2.74 Å². The van der Waals surface area contributed by atoms with Gasteiger partial charge in [0.25, 0.3) is 0 Å². The van der Waals surface area contributed by atoms with Crippen LogP contribution in [-0.2, 0) is 37.3 Å². The zero-order chi connectivity index (χ0) is 62.1. The third kappa shape index (κ3) is 9.55. The Kier molecular flexibility index (Phi) is 12.4. The number of aromatic nitrogens is 1. The van der Waals surface area contributed by atoms with E-state index in [2.05, 4.69) is 247 Å². The molecule has 3 aliphatic rings. The van der Waals surface area contributed by atoms with Crippen LogP contribution in [0.25, 0.3) is 44.5 Å². The van der Waals surface area contributed by atoms with Crippen LogP contribution in [0.15, 0.2) is 237 Å². The third-order valence-electron chi connectivity index (χ3n) is 17.0. The quantitative estimate of drug-likeness (QED) is 0.106. The average Bonchev–Trinajstić information content (AvgIpc) is 1.44. The van der Waals surface area contributed by atoms with Crippen LogP contribution in [0.1, 0.15) is 85.9 Å². The second kappa shape index (κ2) is 21.2. The Balaban J connectivity index is 0.00000743. The van der Waals surface area contributed by atoms with Gasteiger partial charge < -0.3 is 19.4 Å². The fourth-order valence-electron chi connectivity index (χ4n) is 12.7. The maximum Gasteiger partial charge on any atom is 0.135 e. The van der Waals surface area contributed by atoms with Gasteiger partial charge in [-0.2, -0.15) is 12.1 Å². The molecular formula is C78H67N4OPtSi-3. The van der Waals surface area contributed by atoms with Crippen molar-refractivity contribution in [3.05, 3.63) is 272 Å². The summed E-state index contributed by atoms with van der Waals surface area (Å²) < 4.78 is 52.3. The zero-order valence-electron chi connectivity index (χ0n) is 54.2. The van der Waals surface area contributed by atoms with Gasteiger partial charge >= 0.3 is 0 Å². The van der Waals surface area contributed by atoms with Crippen LogP contribution in [0.2, 0.25) is 0 Å². The van der Waals surface area contributed by atoms with Crippen molar-refractivity contribution in [3.63, 3.8) is 0 Å². The van der Waals surface area contributed by atoms with Gasteiger partial charge in [-0.05, 0) is 113 Å². The number of hydrogen-bond donors (Lipinski definition) is 0. The van der Waals surface area contributed by atoms with E-state index in [1.165, 1.54) is 43.0 Å². The van der Waals surface area contributed by atoms with Crippen molar-refractivity contribution in [3.8, 4) is 56.0 Å². The summed E-state index contributed by atoms with van der Waals surface area (Å²) in [5.74, 6) is 1.80. The topological polar surface area (TPSA) is 31.8 Å². The number of fused-ring (bicyclic) bond motifs is 6. The molecule has 0 bridgehead atoms. The number of hydrogen-bond acceptors (Lipinski definition) is 5. The second-order valence-electron chi connectivity index (χ2n) is 25.4. The van der Waals surface area contributed by atoms with Gasteiger partial charge in [0.2, 0.25) is 0 Å². The van der Waals surface area contributed by atoms with Gasteiger partial charge in [0.05, 0.1) is 6.85 Å². The largest absolute Gasteiger partial charge is 0.509 e. The smallest absolute Gasteiger partial charge is 0.135 e. The van der Waals surface area contributed by atoms with Gasteiger partial charge in [-0.25, -0.2) is 4.98 Å². The zero-order valence-corrected chi connectivity index (χ0v) is 52.5. The summed E-state index contributed by atoms with van der Waals surface area (Å²) in [4.78, 5) is 11.6. The molecule has 422 valence electrons. The number of para-hydroxylation sites is 3. The molecule has 3 aliphatic heterocycles. The minimum absolute atomic E-state index is 0. The molecule has 1 unspecified atom stereocenters. The fraction of sp³-hybridized carbons (Fsp3) is 0.154. The molecule has 0 aliphatic carbocycles. The molecule has 7 heteroatoms. The predicted molar refractivity (Wildman–Crippen MR) is 353 cm³/mol. The monoisotopic (exact) mass is 1300 g/mol. The Morgan fingerprint density at radius 1 is 0.471 bits per heavy atom. The van der Waals surface area contributed by atoms with Gasteiger partial charge in [0.15, 0.2) is 0 Å². The number of anilines is 7. The number of rotatable bonds is 9. The molecule has 5 nitrogen and oxygen atoms in total. The first kappa shape index (κ1) is 49.8. The summed E-state index contributed by atoms with van der Waals surface area (Å²) in [6.45, 7) is 22.0. The first-order chi connectivity index (χ1) is 42.6. The van der Waals surface area contributed by atoms with E-state index in [1.807, 2.05) is 55.3 Å². The Hall–Kier alpha value is -8.54. The van der Waals surface area contributed by atoms with Crippen molar-refractivity contribution in [2.24, 2.45) is 0 Å². The van der Waals surface area contributed by atoms with Gasteiger partial charge in [0.1, 0.15) is 13.9 Å². The van der Waals surface area contributed by atoms with E-state index in [0.29, 0.717) is 28.4 Å². The molecule has 1 aromatic heterocycles. The summed E-state index contributed by atoms with van der Waals surface area (Å²) in [6.07, 6.45) is 1.92. The molecule has 0 N–H and O–H groups in total. The van der Waals surface area contributed by atoms with Crippen molar-refractivity contribution >= 4 is 68.8 Å². The first-order valence-electron chi connectivity index (χ1n) is 31.4. The minimum atomic E-state index is -2.97. The molecular weight excluding hydrogens is 1230 g/mol. The van der Waals surface area contributed by atoms with Crippen molar-refractivity contribution in [2.45, 2.75) is 78.6 Å². The summed E-state index contributed by atoms with van der Waals surface area (Å²) in [7, 11) is -2.97. The SMILES string of the molecule is [2H]c1c([2H])c([2H])c(-c2cccc(-c3cc(-c4ccc(C(C)(C)C)cc4)cc(C(C)(C)C)c3)c2N2[CH-]N(c3[c-]c(Oc4[c-]c5c(cc4)[Si]4(c6ccccc6)c6ccccc6-c6cccc(c64)N5c4cc(C(C)(C)C)ccn4)ccc3)c3ccccc32)c([2H])c1[2H].[Pt]. The normalized spacial score (nSPS) is 15.8. The van der Waals surface area contributed by atoms with E-state index >= 15 is 0 Å². The Labute approximate surface area is 524 Å². The van der Waals surface area contributed by atoms with Crippen molar-refractivity contribution in [1.29, 1.82) is 0 Å². The van der Waals surface area contributed by atoms with Crippen LogP contribution in [0, 0.1) is 18.8 Å². The molecule has 0 amide bonds. The predicted octanol–water partition coefficient (Wildman–Crippen LogP) is 17.9. The van der Waals surface area contributed by atoms with Crippen molar-refractivity contribution < 1.29 is 32.7 Å². The minimum Gasteiger partial charge on any atom is -0.509 e. The van der Waals surface area contributed by atoms with E-state index in [1.54, 1.807) is 0 Å². The Bertz CT molecular complexity index is 4640. The molecule has 11 aromatic rings. The number of nitrogens with zero attached hydrogens (tertiary/aromatic N) is 4. The summed E-state index contributed by atoms with van der Waals surface area (Å²) in [5, 5.41) is 5.18. The van der Waals surface area contributed by atoms with Crippen LogP contribution in [0.4, 0.5) is 39.9 Å². The van der Waals surface area contributed by atoms with Gasteiger partial charge in [-0.3, -0.25) is 0 Å². The number of ether oxygens (including phenoxy) is 1. The molecule has 0 fully saturated rings. The van der Waals surface area contributed by atoms with E-state index in [-0.39, 0.29) is 55.0 Å². The third-order valence-corrected chi connectivity index (χ3v) is 21.9. The molecule has 1 atom stereocenters. The first-order valence-corrected chi connectivity index (χ1v) is 30.9.